The summed E-state index contributed by atoms with van der Waals surface area (Å²) >= 11 is 0. The van der Waals surface area contributed by atoms with E-state index < -0.39 is 6.10 Å². The first kappa shape index (κ1) is 21.0. The summed E-state index contributed by atoms with van der Waals surface area (Å²) in [6.45, 7) is 8.96. The SMILES string of the molecule is Cc1cc(Nc2nc(C(OCCC(C)(C)C)c3ccc(F)cc3)nn3cccc23)n[nH]1. The molecule has 0 bridgehead atoms. The number of fused-ring (bicyclic) bond motifs is 1. The van der Waals surface area contributed by atoms with Gasteiger partial charge in [-0.2, -0.15) is 5.10 Å². The number of hydrogen-bond donors (Lipinski definition) is 2. The molecule has 7 nitrogen and oxygen atoms in total. The van der Waals surface area contributed by atoms with E-state index in [4.69, 9.17) is 9.72 Å². The zero-order chi connectivity index (χ0) is 22.0. The van der Waals surface area contributed by atoms with Crippen molar-refractivity contribution in [2.24, 2.45) is 5.41 Å². The molecule has 1 unspecified atom stereocenters. The molecule has 0 aliphatic heterocycles. The minimum atomic E-state index is -0.531. The van der Waals surface area contributed by atoms with Crippen molar-refractivity contribution in [2.75, 3.05) is 11.9 Å². The molecule has 0 fully saturated rings. The highest BCUT2D eigenvalue weighted by atomic mass is 19.1. The Morgan fingerprint density at radius 1 is 1.19 bits per heavy atom. The molecule has 4 rings (SSSR count). The predicted octanol–water partition coefficient (Wildman–Crippen LogP) is 5.19. The Hall–Kier alpha value is -3.26. The van der Waals surface area contributed by atoms with Gasteiger partial charge in [-0.25, -0.2) is 13.9 Å². The van der Waals surface area contributed by atoms with E-state index in [1.807, 2.05) is 31.3 Å². The van der Waals surface area contributed by atoms with Crippen LogP contribution in [0.25, 0.3) is 5.52 Å². The molecule has 1 aromatic carbocycles. The summed E-state index contributed by atoms with van der Waals surface area (Å²) in [6.07, 6.45) is 2.20. The molecule has 0 saturated carbocycles. The molecular formula is C23H27FN6O. The van der Waals surface area contributed by atoms with Gasteiger partial charge < -0.3 is 10.1 Å². The van der Waals surface area contributed by atoms with Gasteiger partial charge in [0.15, 0.2) is 17.5 Å². The van der Waals surface area contributed by atoms with E-state index in [1.165, 1.54) is 12.1 Å². The lowest BCUT2D eigenvalue weighted by Gasteiger charge is -2.22. The highest BCUT2D eigenvalue weighted by Crippen LogP contribution is 2.29. The van der Waals surface area contributed by atoms with Gasteiger partial charge in [-0.15, -0.1) is 5.10 Å². The first-order chi connectivity index (χ1) is 14.8. The number of rotatable bonds is 7. The van der Waals surface area contributed by atoms with Crippen molar-refractivity contribution in [3.63, 3.8) is 0 Å². The number of halogens is 1. The summed E-state index contributed by atoms with van der Waals surface area (Å²) in [4.78, 5) is 4.78. The van der Waals surface area contributed by atoms with Gasteiger partial charge in [0.25, 0.3) is 0 Å². The van der Waals surface area contributed by atoms with Crippen molar-refractivity contribution in [1.29, 1.82) is 0 Å². The van der Waals surface area contributed by atoms with Crippen molar-refractivity contribution >= 4 is 17.2 Å². The smallest absolute Gasteiger partial charge is 0.184 e. The number of ether oxygens (including phenoxy) is 1. The molecule has 0 spiro atoms. The Morgan fingerprint density at radius 3 is 2.65 bits per heavy atom. The first-order valence-electron chi connectivity index (χ1n) is 10.3. The number of nitrogens with zero attached hydrogens (tertiary/aromatic N) is 4. The number of aromatic amines is 1. The van der Waals surface area contributed by atoms with E-state index >= 15 is 0 Å². The van der Waals surface area contributed by atoms with Crippen LogP contribution in [0.5, 0.6) is 0 Å². The summed E-state index contributed by atoms with van der Waals surface area (Å²) in [5.41, 5.74) is 2.68. The lowest BCUT2D eigenvalue weighted by molar-refractivity contribution is 0.0554. The molecule has 0 aliphatic rings. The summed E-state index contributed by atoms with van der Waals surface area (Å²) in [7, 11) is 0. The maximum Gasteiger partial charge on any atom is 0.184 e. The van der Waals surface area contributed by atoms with Gasteiger partial charge in [-0.1, -0.05) is 32.9 Å². The van der Waals surface area contributed by atoms with Crippen molar-refractivity contribution in [3.8, 4) is 0 Å². The van der Waals surface area contributed by atoms with E-state index in [2.05, 4.69) is 41.4 Å². The molecule has 0 saturated heterocycles. The van der Waals surface area contributed by atoms with Crippen LogP contribution in [-0.2, 0) is 4.74 Å². The predicted molar refractivity (Wildman–Crippen MR) is 118 cm³/mol. The number of H-pyrrole nitrogens is 1. The van der Waals surface area contributed by atoms with Gasteiger partial charge >= 0.3 is 0 Å². The molecule has 3 heterocycles. The van der Waals surface area contributed by atoms with Gasteiger partial charge in [0.2, 0.25) is 0 Å². The second kappa shape index (κ2) is 8.47. The average Bonchev–Trinajstić information content (AvgIpc) is 3.34. The third kappa shape index (κ3) is 5.08. The van der Waals surface area contributed by atoms with Crippen LogP contribution in [0.1, 0.15) is 50.4 Å². The molecule has 8 heteroatoms. The lowest BCUT2D eigenvalue weighted by atomic mass is 9.93. The Balaban J connectivity index is 1.72. The second-order valence-electron chi connectivity index (χ2n) is 8.83. The molecule has 1 atom stereocenters. The Morgan fingerprint density at radius 2 is 1.97 bits per heavy atom. The Labute approximate surface area is 180 Å². The number of benzene rings is 1. The van der Waals surface area contributed by atoms with Crippen LogP contribution in [-0.4, -0.2) is 31.4 Å². The lowest BCUT2D eigenvalue weighted by Crippen LogP contribution is -2.17. The monoisotopic (exact) mass is 422 g/mol. The second-order valence-corrected chi connectivity index (χ2v) is 8.83. The molecule has 3 aromatic heterocycles. The molecule has 0 radical (unpaired) electrons. The van der Waals surface area contributed by atoms with E-state index in [0.717, 1.165) is 23.2 Å². The number of nitrogens with one attached hydrogen (secondary N) is 2. The van der Waals surface area contributed by atoms with Crippen molar-refractivity contribution < 1.29 is 9.13 Å². The Kier molecular flexibility index (Phi) is 5.73. The number of aryl methyl sites for hydroxylation is 1. The highest BCUT2D eigenvalue weighted by molar-refractivity contribution is 5.72. The summed E-state index contributed by atoms with van der Waals surface area (Å²) in [6, 6.07) is 12.0. The van der Waals surface area contributed by atoms with Crippen molar-refractivity contribution in [1.82, 2.24) is 24.8 Å². The van der Waals surface area contributed by atoms with Gasteiger partial charge in [0, 0.05) is 24.6 Å². The maximum atomic E-state index is 13.5. The minimum absolute atomic E-state index is 0.128. The minimum Gasteiger partial charge on any atom is -0.365 e. The van der Waals surface area contributed by atoms with E-state index in [9.17, 15) is 4.39 Å². The molecule has 0 amide bonds. The molecular weight excluding hydrogens is 395 g/mol. The third-order valence-electron chi connectivity index (χ3n) is 4.90. The standard InChI is InChI=1S/C23H27FN6O/c1-15-14-19(28-27-15)25-21-18-6-5-12-30(18)29-22(26-21)20(31-13-11-23(2,3)4)16-7-9-17(24)10-8-16/h5-10,12,14,20H,11,13H2,1-4H3,(H2,25,26,27,28,29). The molecule has 2 N–H and O–H groups in total. The zero-order valence-corrected chi connectivity index (χ0v) is 18.2. The van der Waals surface area contributed by atoms with Gasteiger partial charge in [0.1, 0.15) is 17.4 Å². The highest BCUT2D eigenvalue weighted by Gasteiger charge is 2.22. The van der Waals surface area contributed by atoms with E-state index in [-0.39, 0.29) is 11.2 Å². The largest absolute Gasteiger partial charge is 0.365 e. The fraction of sp³-hybridized carbons (Fsp3) is 0.348. The molecule has 162 valence electrons. The van der Waals surface area contributed by atoms with Crippen LogP contribution >= 0.6 is 0 Å². The van der Waals surface area contributed by atoms with Gasteiger partial charge in [0.05, 0.1) is 0 Å². The van der Waals surface area contributed by atoms with Gasteiger partial charge in [-0.3, -0.25) is 5.10 Å². The average molecular weight is 423 g/mol. The molecule has 31 heavy (non-hydrogen) atoms. The summed E-state index contributed by atoms with van der Waals surface area (Å²) in [5, 5.41) is 15.1. The topological polar surface area (TPSA) is 80.1 Å². The fourth-order valence-electron chi connectivity index (χ4n) is 3.20. The molecule has 0 aliphatic carbocycles. The van der Waals surface area contributed by atoms with Crippen LogP contribution < -0.4 is 5.32 Å². The van der Waals surface area contributed by atoms with E-state index in [0.29, 0.717) is 24.1 Å². The Bertz CT molecular complexity index is 1160. The number of hydrogen-bond acceptors (Lipinski definition) is 5. The maximum absolute atomic E-state index is 13.5. The van der Waals surface area contributed by atoms with Crippen LogP contribution in [0.3, 0.4) is 0 Å². The van der Waals surface area contributed by atoms with Crippen molar-refractivity contribution in [3.05, 3.63) is 71.6 Å². The van der Waals surface area contributed by atoms with Crippen molar-refractivity contribution in [2.45, 2.75) is 40.2 Å². The molecule has 4 aromatic rings. The fourth-order valence-corrected chi connectivity index (χ4v) is 3.20. The van der Waals surface area contributed by atoms with Crippen LogP contribution in [0.2, 0.25) is 0 Å². The third-order valence-corrected chi connectivity index (χ3v) is 4.90. The van der Waals surface area contributed by atoms with Crippen LogP contribution in [0, 0.1) is 18.2 Å². The van der Waals surface area contributed by atoms with E-state index in [1.54, 1.807) is 16.6 Å². The zero-order valence-electron chi connectivity index (χ0n) is 18.2. The number of aromatic nitrogens is 5. The first-order valence-corrected chi connectivity index (χ1v) is 10.3. The van der Waals surface area contributed by atoms with Crippen LogP contribution in [0.15, 0.2) is 48.7 Å². The quantitative estimate of drug-likeness (QED) is 0.429. The number of anilines is 2. The normalized spacial score (nSPS) is 12.9. The summed E-state index contributed by atoms with van der Waals surface area (Å²) < 4.78 is 21.6. The summed E-state index contributed by atoms with van der Waals surface area (Å²) in [5.74, 6) is 1.47. The van der Waals surface area contributed by atoms with Gasteiger partial charge in [-0.05, 0) is 48.6 Å². The van der Waals surface area contributed by atoms with Crippen LogP contribution in [0.4, 0.5) is 16.0 Å².